The number of hydrogen-bond donors (Lipinski definition) is 0. The van der Waals surface area contributed by atoms with Crippen molar-refractivity contribution in [3.05, 3.63) is 0 Å². The number of carbonyl (C=O) groups is 3. The second kappa shape index (κ2) is 11.8. The van der Waals surface area contributed by atoms with E-state index in [1.165, 1.54) is 0 Å². The first-order chi connectivity index (χ1) is 9.53. The Morgan fingerprint density at radius 1 is 0.700 bits per heavy atom. The van der Waals surface area contributed by atoms with Crippen LogP contribution in [0.5, 0.6) is 0 Å². The minimum Gasteiger partial charge on any atom is -0.300 e. The van der Waals surface area contributed by atoms with Crippen LogP contribution in [-0.2, 0) is 14.4 Å². The summed E-state index contributed by atoms with van der Waals surface area (Å²) in [7, 11) is 0. The summed E-state index contributed by atoms with van der Waals surface area (Å²) in [5.74, 6) is 0.975. The van der Waals surface area contributed by atoms with Gasteiger partial charge in [0, 0.05) is 38.5 Å². The van der Waals surface area contributed by atoms with Crippen LogP contribution in [-0.4, -0.2) is 17.3 Å². The van der Waals surface area contributed by atoms with Gasteiger partial charge in [-0.1, -0.05) is 33.6 Å². The van der Waals surface area contributed by atoms with Gasteiger partial charge in [0.25, 0.3) is 0 Å². The molecule has 0 amide bonds. The lowest BCUT2D eigenvalue weighted by atomic mass is 9.90. The zero-order valence-corrected chi connectivity index (χ0v) is 13.4. The molecule has 0 bridgehead atoms. The molecule has 0 radical (unpaired) electrons. The molecule has 20 heavy (non-hydrogen) atoms. The van der Waals surface area contributed by atoms with E-state index >= 15 is 0 Å². The fourth-order valence-electron chi connectivity index (χ4n) is 2.40. The molecule has 3 nitrogen and oxygen atoms in total. The number of hydrogen-bond acceptors (Lipinski definition) is 3. The van der Waals surface area contributed by atoms with Gasteiger partial charge in [0.1, 0.15) is 17.3 Å². The van der Waals surface area contributed by atoms with E-state index in [-0.39, 0.29) is 17.3 Å². The molecular weight excluding hydrogens is 252 g/mol. The number of ketones is 3. The van der Waals surface area contributed by atoms with Crippen molar-refractivity contribution in [2.45, 2.75) is 85.0 Å². The minimum atomic E-state index is 0.166. The highest BCUT2D eigenvalue weighted by atomic mass is 16.1. The summed E-state index contributed by atoms with van der Waals surface area (Å²) in [6, 6.07) is 0. The topological polar surface area (TPSA) is 51.2 Å². The lowest BCUT2D eigenvalue weighted by Crippen LogP contribution is -2.11. The van der Waals surface area contributed by atoms with E-state index in [0.717, 1.165) is 25.7 Å². The fraction of sp³-hybridized carbons (Fsp3) is 0.824. The van der Waals surface area contributed by atoms with E-state index < -0.39 is 0 Å². The van der Waals surface area contributed by atoms with E-state index in [9.17, 15) is 14.4 Å². The van der Waals surface area contributed by atoms with Crippen LogP contribution in [0.1, 0.15) is 85.0 Å². The van der Waals surface area contributed by atoms with Crippen LogP contribution in [0.25, 0.3) is 0 Å². The van der Waals surface area contributed by atoms with E-state index in [2.05, 4.69) is 6.92 Å². The molecule has 116 valence electrons. The van der Waals surface area contributed by atoms with Crippen molar-refractivity contribution in [3.63, 3.8) is 0 Å². The van der Waals surface area contributed by atoms with E-state index in [1.807, 2.05) is 13.8 Å². The van der Waals surface area contributed by atoms with E-state index in [1.54, 1.807) is 0 Å². The number of Topliss-reactive ketones (excluding diaryl/α,β-unsaturated/α-hetero) is 3. The third-order valence-electron chi connectivity index (χ3n) is 3.65. The first-order valence-electron chi connectivity index (χ1n) is 8.08. The van der Waals surface area contributed by atoms with Gasteiger partial charge in [0.2, 0.25) is 0 Å². The van der Waals surface area contributed by atoms with Gasteiger partial charge < -0.3 is 0 Å². The Bertz CT molecular complexity index is 307. The summed E-state index contributed by atoms with van der Waals surface area (Å²) < 4.78 is 0. The van der Waals surface area contributed by atoms with Crippen LogP contribution in [0.15, 0.2) is 0 Å². The molecule has 1 unspecified atom stereocenters. The maximum absolute atomic E-state index is 11.8. The summed E-state index contributed by atoms with van der Waals surface area (Å²) in [4.78, 5) is 34.7. The predicted molar refractivity (Wildman–Crippen MR) is 81.7 cm³/mol. The molecule has 0 spiro atoms. The maximum atomic E-state index is 11.8. The first kappa shape index (κ1) is 19.0. The Morgan fingerprint density at radius 3 is 1.80 bits per heavy atom. The molecule has 0 heterocycles. The Labute approximate surface area is 123 Å². The van der Waals surface area contributed by atoms with Crippen LogP contribution in [0.3, 0.4) is 0 Å². The molecule has 0 aromatic carbocycles. The van der Waals surface area contributed by atoms with Gasteiger partial charge in [0.15, 0.2) is 0 Å². The van der Waals surface area contributed by atoms with E-state index in [0.29, 0.717) is 44.4 Å². The van der Waals surface area contributed by atoms with Crippen molar-refractivity contribution in [1.82, 2.24) is 0 Å². The zero-order valence-electron chi connectivity index (χ0n) is 13.4. The molecule has 0 rings (SSSR count). The second-order valence-corrected chi connectivity index (χ2v) is 5.62. The molecule has 0 N–H and O–H groups in total. The molecule has 0 aliphatic carbocycles. The van der Waals surface area contributed by atoms with Crippen molar-refractivity contribution < 1.29 is 14.4 Å². The standard InChI is InChI=1S/C17H30O3/c1-4-7-14(13-15(18)6-3)9-10-17(20)12-11-16(19)8-5-2/h14H,4-13H2,1-3H3. The molecule has 0 aliphatic rings. The van der Waals surface area contributed by atoms with Crippen LogP contribution >= 0.6 is 0 Å². The lowest BCUT2D eigenvalue weighted by molar-refractivity contribution is -0.124. The molecular formula is C17H30O3. The molecule has 0 aromatic rings. The third-order valence-corrected chi connectivity index (χ3v) is 3.65. The summed E-state index contributed by atoms with van der Waals surface area (Å²) in [6.45, 7) is 5.96. The van der Waals surface area contributed by atoms with Gasteiger partial charge in [-0.15, -0.1) is 0 Å². The summed E-state index contributed by atoms with van der Waals surface area (Å²) in [5, 5.41) is 0. The fourth-order valence-corrected chi connectivity index (χ4v) is 2.40. The number of carbonyl (C=O) groups excluding carboxylic acids is 3. The van der Waals surface area contributed by atoms with Crippen LogP contribution in [0.4, 0.5) is 0 Å². The molecule has 3 heteroatoms. The Morgan fingerprint density at radius 2 is 1.30 bits per heavy atom. The van der Waals surface area contributed by atoms with E-state index in [4.69, 9.17) is 0 Å². The maximum Gasteiger partial charge on any atom is 0.133 e. The number of rotatable bonds is 13. The normalized spacial score (nSPS) is 12.2. The Kier molecular flexibility index (Phi) is 11.2. The Hall–Kier alpha value is -0.990. The summed E-state index contributed by atoms with van der Waals surface area (Å²) >= 11 is 0. The minimum absolute atomic E-state index is 0.166. The van der Waals surface area contributed by atoms with Gasteiger partial charge >= 0.3 is 0 Å². The predicted octanol–water partition coefficient (Wildman–Crippen LogP) is 4.27. The van der Waals surface area contributed by atoms with Crippen molar-refractivity contribution in [1.29, 1.82) is 0 Å². The smallest absolute Gasteiger partial charge is 0.133 e. The molecule has 0 aliphatic heterocycles. The molecule has 0 saturated carbocycles. The first-order valence-corrected chi connectivity index (χ1v) is 8.08. The highest BCUT2D eigenvalue weighted by Gasteiger charge is 2.14. The lowest BCUT2D eigenvalue weighted by Gasteiger charge is -2.14. The van der Waals surface area contributed by atoms with Crippen molar-refractivity contribution in [2.75, 3.05) is 0 Å². The highest BCUT2D eigenvalue weighted by Crippen LogP contribution is 2.19. The van der Waals surface area contributed by atoms with Gasteiger partial charge in [-0.05, 0) is 18.8 Å². The average Bonchev–Trinajstić information content (AvgIpc) is 2.42. The van der Waals surface area contributed by atoms with Crippen LogP contribution in [0.2, 0.25) is 0 Å². The quantitative estimate of drug-likeness (QED) is 0.507. The monoisotopic (exact) mass is 282 g/mol. The average molecular weight is 282 g/mol. The second-order valence-electron chi connectivity index (χ2n) is 5.62. The largest absolute Gasteiger partial charge is 0.300 e. The van der Waals surface area contributed by atoms with Gasteiger partial charge in [0.05, 0.1) is 0 Å². The highest BCUT2D eigenvalue weighted by molar-refractivity contribution is 5.86. The molecule has 1 atom stereocenters. The van der Waals surface area contributed by atoms with Gasteiger partial charge in [-0.3, -0.25) is 14.4 Å². The van der Waals surface area contributed by atoms with Crippen molar-refractivity contribution >= 4 is 17.3 Å². The molecule has 0 saturated heterocycles. The van der Waals surface area contributed by atoms with Crippen LogP contribution < -0.4 is 0 Å². The van der Waals surface area contributed by atoms with Gasteiger partial charge in [-0.25, -0.2) is 0 Å². The SMILES string of the molecule is CCCC(=O)CCC(=O)CCC(CCC)CC(=O)CC. The summed E-state index contributed by atoms with van der Waals surface area (Å²) in [5.41, 5.74) is 0. The molecule has 0 aromatic heterocycles. The van der Waals surface area contributed by atoms with Crippen molar-refractivity contribution in [3.8, 4) is 0 Å². The summed E-state index contributed by atoms with van der Waals surface area (Å²) in [6.07, 6.45) is 6.74. The third kappa shape index (κ3) is 9.88. The van der Waals surface area contributed by atoms with Gasteiger partial charge in [-0.2, -0.15) is 0 Å². The Balaban J connectivity index is 3.98. The van der Waals surface area contributed by atoms with Crippen LogP contribution in [0, 0.1) is 5.92 Å². The zero-order chi connectivity index (χ0) is 15.4. The molecule has 0 fully saturated rings. The van der Waals surface area contributed by atoms with Crippen molar-refractivity contribution in [2.24, 2.45) is 5.92 Å².